The fourth-order valence-electron chi connectivity index (χ4n) is 4.35. The van der Waals surface area contributed by atoms with E-state index in [0.29, 0.717) is 30.9 Å². The van der Waals surface area contributed by atoms with Gasteiger partial charge in [-0.25, -0.2) is 9.18 Å². The van der Waals surface area contributed by atoms with E-state index in [2.05, 4.69) is 39.6 Å². The Labute approximate surface area is 207 Å². The lowest BCUT2D eigenvalue weighted by molar-refractivity contribution is 0.116. The van der Waals surface area contributed by atoms with E-state index in [0.717, 1.165) is 19.2 Å². The third kappa shape index (κ3) is 6.41. The predicted molar refractivity (Wildman–Crippen MR) is 129 cm³/mol. The van der Waals surface area contributed by atoms with Crippen molar-refractivity contribution in [1.82, 2.24) is 25.7 Å². The SMILES string of the molecule is CC1CN(CCNC(=O)N(Cc2ccc(-c3nnc(C(F)F)o3)cc2F)c2ccccc2)CC(C)N1. The zero-order chi connectivity index (χ0) is 25.7. The molecule has 3 aromatic rings. The van der Waals surface area contributed by atoms with Gasteiger partial charge in [-0.3, -0.25) is 9.80 Å². The van der Waals surface area contributed by atoms with Crippen molar-refractivity contribution in [3.8, 4) is 11.5 Å². The van der Waals surface area contributed by atoms with E-state index < -0.39 is 18.1 Å². The summed E-state index contributed by atoms with van der Waals surface area (Å²) < 4.78 is 45.4. The van der Waals surface area contributed by atoms with E-state index in [9.17, 15) is 18.0 Å². The van der Waals surface area contributed by atoms with Gasteiger partial charge in [-0.1, -0.05) is 24.3 Å². The van der Waals surface area contributed by atoms with Crippen molar-refractivity contribution in [2.24, 2.45) is 0 Å². The van der Waals surface area contributed by atoms with Crippen molar-refractivity contribution in [2.75, 3.05) is 31.1 Å². The number of alkyl halides is 2. The third-order valence-electron chi connectivity index (χ3n) is 5.91. The second-order valence-corrected chi connectivity index (χ2v) is 8.93. The Kier molecular flexibility index (Phi) is 8.21. The quantitative estimate of drug-likeness (QED) is 0.480. The number of nitrogens with one attached hydrogen (secondary N) is 2. The van der Waals surface area contributed by atoms with E-state index in [4.69, 9.17) is 4.42 Å². The van der Waals surface area contributed by atoms with E-state index in [-0.39, 0.29) is 29.6 Å². The lowest BCUT2D eigenvalue weighted by Crippen LogP contribution is -2.55. The first-order chi connectivity index (χ1) is 17.3. The standard InChI is InChI=1S/C25H29F3N6O2/c1-16-13-33(14-17(2)30-16)11-10-29-25(35)34(20-6-4-3-5-7-20)15-19-9-8-18(12-21(19)26)23-31-32-24(36-23)22(27)28/h3-9,12,16-17,22,30H,10-11,13-15H2,1-2H3,(H,29,35). The molecule has 1 fully saturated rings. The molecular weight excluding hydrogens is 473 g/mol. The van der Waals surface area contributed by atoms with Crippen molar-refractivity contribution < 1.29 is 22.4 Å². The molecule has 0 saturated carbocycles. The van der Waals surface area contributed by atoms with Crippen LogP contribution in [0.5, 0.6) is 0 Å². The van der Waals surface area contributed by atoms with Gasteiger partial charge in [0.15, 0.2) is 0 Å². The number of hydrogen-bond donors (Lipinski definition) is 2. The van der Waals surface area contributed by atoms with Crippen LogP contribution in [0.15, 0.2) is 52.9 Å². The summed E-state index contributed by atoms with van der Waals surface area (Å²) in [4.78, 5) is 16.9. The highest BCUT2D eigenvalue weighted by Gasteiger charge is 2.23. The van der Waals surface area contributed by atoms with Gasteiger partial charge in [-0.05, 0) is 38.1 Å². The molecule has 1 aliphatic heterocycles. The van der Waals surface area contributed by atoms with E-state index >= 15 is 0 Å². The number of piperazine rings is 1. The van der Waals surface area contributed by atoms with Gasteiger partial charge in [0.25, 0.3) is 5.89 Å². The van der Waals surface area contributed by atoms with Gasteiger partial charge in [-0.2, -0.15) is 8.78 Å². The number of carbonyl (C=O) groups is 1. The average Bonchev–Trinajstić information content (AvgIpc) is 3.34. The largest absolute Gasteiger partial charge is 0.415 e. The maximum absolute atomic E-state index is 15.0. The first-order valence-electron chi connectivity index (χ1n) is 11.8. The molecule has 192 valence electrons. The summed E-state index contributed by atoms with van der Waals surface area (Å²) in [6, 6.07) is 13.5. The summed E-state index contributed by atoms with van der Waals surface area (Å²) >= 11 is 0. The van der Waals surface area contributed by atoms with Crippen LogP contribution in [0.25, 0.3) is 11.5 Å². The van der Waals surface area contributed by atoms with Crippen LogP contribution in [0.3, 0.4) is 0 Å². The molecule has 11 heteroatoms. The summed E-state index contributed by atoms with van der Waals surface area (Å²) in [5.41, 5.74) is 1.03. The first kappa shape index (κ1) is 25.6. The average molecular weight is 503 g/mol. The molecule has 0 radical (unpaired) electrons. The molecule has 2 atom stereocenters. The highest BCUT2D eigenvalue weighted by atomic mass is 19.3. The topological polar surface area (TPSA) is 86.5 Å². The second-order valence-electron chi connectivity index (χ2n) is 8.93. The molecular formula is C25H29F3N6O2. The van der Waals surface area contributed by atoms with Crippen molar-refractivity contribution in [3.05, 3.63) is 65.8 Å². The highest BCUT2D eigenvalue weighted by molar-refractivity contribution is 5.91. The summed E-state index contributed by atoms with van der Waals surface area (Å²) in [7, 11) is 0. The van der Waals surface area contributed by atoms with E-state index in [1.807, 2.05) is 6.07 Å². The normalized spacial score (nSPS) is 18.4. The maximum atomic E-state index is 15.0. The fraction of sp³-hybridized carbons (Fsp3) is 0.400. The van der Waals surface area contributed by atoms with Gasteiger partial charge in [-0.15, -0.1) is 10.2 Å². The van der Waals surface area contributed by atoms with Crippen molar-refractivity contribution in [1.29, 1.82) is 0 Å². The van der Waals surface area contributed by atoms with Crippen LogP contribution < -0.4 is 15.5 Å². The van der Waals surface area contributed by atoms with Crippen molar-refractivity contribution in [2.45, 2.75) is 38.9 Å². The van der Waals surface area contributed by atoms with Crippen LogP contribution in [-0.4, -0.2) is 59.4 Å². The van der Waals surface area contributed by atoms with Crippen LogP contribution in [0.2, 0.25) is 0 Å². The number of nitrogens with zero attached hydrogens (tertiary/aromatic N) is 4. The summed E-state index contributed by atoms with van der Waals surface area (Å²) in [5, 5.41) is 13.2. The number of para-hydroxylation sites is 1. The minimum absolute atomic E-state index is 0.0320. The molecule has 2 heterocycles. The minimum Gasteiger partial charge on any atom is -0.415 e. The molecule has 1 aliphatic rings. The molecule has 2 amide bonds. The van der Waals surface area contributed by atoms with E-state index in [1.165, 1.54) is 17.0 Å². The van der Waals surface area contributed by atoms with Crippen LogP contribution in [-0.2, 0) is 6.54 Å². The molecule has 0 aliphatic carbocycles. The van der Waals surface area contributed by atoms with Crippen LogP contribution in [0, 0.1) is 5.82 Å². The zero-order valence-electron chi connectivity index (χ0n) is 20.1. The van der Waals surface area contributed by atoms with Crippen molar-refractivity contribution >= 4 is 11.7 Å². The van der Waals surface area contributed by atoms with Gasteiger partial charge in [0, 0.05) is 55.1 Å². The number of carbonyl (C=O) groups excluding carboxylic acids is 1. The van der Waals surface area contributed by atoms with Gasteiger partial charge in [0.05, 0.1) is 6.54 Å². The minimum atomic E-state index is -2.91. The maximum Gasteiger partial charge on any atom is 0.322 e. The highest BCUT2D eigenvalue weighted by Crippen LogP contribution is 2.26. The number of rotatable bonds is 8. The number of hydrogen-bond acceptors (Lipinski definition) is 6. The van der Waals surface area contributed by atoms with Crippen LogP contribution in [0.4, 0.5) is 23.7 Å². The molecule has 8 nitrogen and oxygen atoms in total. The van der Waals surface area contributed by atoms with Crippen LogP contribution in [0.1, 0.15) is 31.7 Å². The second kappa shape index (κ2) is 11.5. The summed E-state index contributed by atoms with van der Waals surface area (Å²) in [6.45, 7) is 7.20. The summed E-state index contributed by atoms with van der Waals surface area (Å²) in [6.07, 6.45) is -2.91. The monoisotopic (exact) mass is 502 g/mol. The molecule has 1 aromatic heterocycles. The van der Waals surface area contributed by atoms with Crippen molar-refractivity contribution in [3.63, 3.8) is 0 Å². The number of anilines is 1. The van der Waals surface area contributed by atoms with Gasteiger partial charge in [0.2, 0.25) is 5.89 Å². The Bertz CT molecular complexity index is 1150. The molecule has 2 aromatic carbocycles. The Morgan fingerprint density at radius 2 is 1.89 bits per heavy atom. The number of aromatic nitrogens is 2. The number of halogens is 3. The Hall–Kier alpha value is -3.44. The molecule has 2 unspecified atom stereocenters. The molecule has 36 heavy (non-hydrogen) atoms. The number of benzene rings is 2. The Morgan fingerprint density at radius 1 is 1.17 bits per heavy atom. The first-order valence-corrected chi connectivity index (χ1v) is 11.8. The molecule has 2 N–H and O–H groups in total. The molecule has 0 spiro atoms. The van der Waals surface area contributed by atoms with E-state index in [1.54, 1.807) is 24.3 Å². The van der Waals surface area contributed by atoms with Gasteiger partial charge >= 0.3 is 12.5 Å². The zero-order valence-corrected chi connectivity index (χ0v) is 20.1. The molecule has 4 rings (SSSR count). The van der Waals surface area contributed by atoms with Gasteiger partial charge < -0.3 is 15.1 Å². The lowest BCUT2D eigenvalue weighted by atomic mass is 10.1. The summed E-state index contributed by atoms with van der Waals surface area (Å²) in [5.74, 6) is -1.65. The fourth-order valence-corrected chi connectivity index (χ4v) is 4.35. The molecule has 1 saturated heterocycles. The number of urea groups is 1. The Morgan fingerprint density at radius 3 is 2.53 bits per heavy atom. The Balaban J connectivity index is 1.45. The van der Waals surface area contributed by atoms with Gasteiger partial charge in [0.1, 0.15) is 5.82 Å². The van der Waals surface area contributed by atoms with Crippen LogP contribution >= 0.6 is 0 Å². The third-order valence-corrected chi connectivity index (χ3v) is 5.91. The smallest absolute Gasteiger partial charge is 0.322 e. The molecule has 0 bridgehead atoms. The predicted octanol–water partition coefficient (Wildman–Crippen LogP) is 4.21. The lowest BCUT2D eigenvalue weighted by Gasteiger charge is -2.36. The number of amides is 2.